The zero-order chi connectivity index (χ0) is 13.3. The minimum Gasteiger partial charge on any atom is -0.469 e. The van der Waals surface area contributed by atoms with E-state index < -0.39 is 0 Å². The summed E-state index contributed by atoms with van der Waals surface area (Å²) in [5.74, 6) is -0.435. The van der Waals surface area contributed by atoms with Gasteiger partial charge in [0.1, 0.15) is 0 Å². The van der Waals surface area contributed by atoms with E-state index in [2.05, 4.69) is 38.1 Å². The van der Waals surface area contributed by atoms with E-state index in [0.29, 0.717) is 0 Å². The number of rotatable bonds is 2. The van der Waals surface area contributed by atoms with Gasteiger partial charge in [0, 0.05) is 0 Å². The van der Waals surface area contributed by atoms with Crippen molar-refractivity contribution in [1.82, 2.24) is 0 Å². The van der Waals surface area contributed by atoms with Crippen LogP contribution >= 0.6 is 0 Å². The summed E-state index contributed by atoms with van der Waals surface area (Å²) in [7, 11) is 1.43. The first-order valence-corrected chi connectivity index (χ1v) is 6.12. The molecule has 0 aliphatic heterocycles. The van der Waals surface area contributed by atoms with Gasteiger partial charge in [-0.15, -0.1) is 0 Å². The third-order valence-corrected chi connectivity index (χ3v) is 3.53. The Morgan fingerprint density at radius 3 is 2.33 bits per heavy atom. The number of fused-ring (bicyclic) bond motifs is 1. The van der Waals surface area contributed by atoms with Gasteiger partial charge in [0.25, 0.3) is 0 Å². The predicted molar refractivity (Wildman–Crippen MR) is 73.0 cm³/mol. The van der Waals surface area contributed by atoms with Gasteiger partial charge in [0.05, 0.1) is 13.0 Å². The highest BCUT2D eigenvalue weighted by molar-refractivity contribution is 5.80. The first-order valence-electron chi connectivity index (χ1n) is 6.12. The van der Waals surface area contributed by atoms with Crippen LogP contribution in [0.5, 0.6) is 0 Å². The Labute approximate surface area is 108 Å². The Balaban J connectivity index is 2.57. The Morgan fingerprint density at radius 2 is 1.67 bits per heavy atom. The highest BCUT2D eigenvalue weighted by Gasteiger charge is 2.17. The minimum absolute atomic E-state index is 0.198. The lowest BCUT2D eigenvalue weighted by Crippen LogP contribution is -2.10. The monoisotopic (exact) mass is 242 g/mol. The van der Waals surface area contributed by atoms with E-state index in [0.717, 1.165) is 5.56 Å². The molecule has 0 saturated heterocycles. The van der Waals surface area contributed by atoms with Crippen LogP contribution in [-0.4, -0.2) is 13.1 Å². The number of methoxy groups -OCH3 is 1. The van der Waals surface area contributed by atoms with E-state index in [4.69, 9.17) is 4.74 Å². The minimum atomic E-state index is -0.237. The van der Waals surface area contributed by atoms with Crippen molar-refractivity contribution in [2.24, 2.45) is 0 Å². The maximum Gasteiger partial charge on any atom is 0.312 e. The molecule has 0 saturated carbocycles. The van der Waals surface area contributed by atoms with Gasteiger partial charge in [-0.2, -0.15) is 0 Å². The zero-order valence-electron chi connectivity index (χ0n) is 11.3. The van der Waals surface area contributed by atoms with E-state index >= 15 is 0 Å². The summed E-state index contributed by atoms with van der Waals surface area (Å²) >= 11 is 0. The molecule has 0 amide bonds. The molecule has 1 atom stereocenters. The summed E-state index contributed by atoms with van der Waals surface area (Å²) < 4.78 is 4.81. The number of ether oxygens (including phenoxy) is 1. The second-order valence-corrected chi connectivity index (χ2v) is 4.75. The van der Waals surface area contributed by atoms with E-state index in [-0.39, 0.29) is 11.9 Å². The van der Waals surface area contributed by atoms with Crippen LogP contribution in [0.1, 0.15) is 29.5 Å². The molecule has 0 N–H and O–H groups in total. The summed E-state index contributed by atoms with van der Waals surface area (Å²) in [5.41, 5.74) is 5.91. The fraction of sp³-hybridized carbons (Fsp3) is 0.312. The maximum absolute atomic E-state index is 11.6. The third-order valence-electron chi connectivity index (χ3n) is 3.53. The van der Waals surface area contributed by atoms with E-state index in [9.17, 15) is 4.79 Å². The molecule has 2 rings (SSSR count). The van der Waals surface area contributed by atoms with Crippen LogP contribution in [0, 0.1) is 13.8 Å². The first-order chi connectivity index (χ1) is 8.54. The quantitative estimate of drug-likeness (QED) is 0.751. The van der Waals surface area contributed by atoms with Crippen molar-refractivity contribution >= 4 is 5.97 Å². The summed E-state index contributed by atoms with van der Waals surface area (Å²) in [6.45, 7) is 6.06. The molecular formula is C16H18O2. The summed E-state index contributed by atoms with van der Waals surface area (Å²) in [4.78, 5) is 11.6. The number of hydrogen-bond donors (Lipinski definition) is 0. The first kappa shape index (κ1) is 12.6. The summed E-state index contributed by atoms with van der Waals surface area (Å²) in [6.07, 6.45) is 0. The average Bonchev–Trinajstić information content (AvgIpc) is 2.64. The Kier molecular flexibility index (Phi) is 3.37. The molecule has 2 aliphatic carbocycles. The standard InChI is InChI=1S/C16H18O2/c1-10-5-7-13(12(3)16(17)18-4)9-15-11(2)6-8-14(10)15/h5-9,12H,1-4H3/t12-/m0/s1. The fourth-order valence-electron chi connectivity index (χ4n) is 2.24. The molecule has 2 heteroatoms. The van der Waals surface area contributed by atoms with Crippen LogP contribution in [0.2, 0.25) is 0 Å². The van der Waals surface area contributed by atoms with Crippen LogP contribution in [0.25, 0.3) is 11.1 Å². The van der Waals surface area contributed by atoms with Gasteiger partial charge in [-0.1, -0.05) is 30.3 Å². The lowest BCUT2D eigenvalue weighted by atomic mass is 10.0. The fourth-order valence-corrected chi connectivity index (χ4v) is 2.24. The molecule has 0 spiro atoms. The van der Waals surface area contributed by atoms with Crippen LogP contribution in [0.15, 0.2) is 30.3 Å². The second kappa shape index (κ2) is 4.81. The number of carbonyl (C=O) groups excluding carboxylic acids is 1. The third kappa shape index (κ3) is 2.10. The molecule has 0 fully saturated rings. The van der Waals surface area contributed by atoms with Gasteiger partial charge < -0.3 is 4.74 Å². The molecule has 0 aromatic rings. The summed E-state index contributed by atoms with van der Waals surface area (Å²) in [5, 5.41) is 0. The molecule has 2 nitrogen and oxygen atoms in total. The highest BCUT2D eigenvalue weighted by atomic mass is 16.5. The topological polar surface area (TPSA) is 26.3 Å². The summed E-state index contributed by atoms with van der Waals surface area (Å²) in [6, 6.07) is 10.4. The number of carbonyl (C=O) groups is 1. The molecule has 0 unspecified atom stereocenters. The van der Waals surface area contributed by atoms with Crippen LogP contribution in [0.3, 0.4) is 0 Å². The SMILES string of the molecule is COC(=O)[C@@H](C)c1ccc(C)c2ccc(C)c-2c1. The molecular weight excluding hydrogens is 224 g/mol. The Hall–Kier alpha value is -1.83. The Bertz CT molecular complexity index is 557. The van der Waals surface area contributed by atoms with Crippen molar-refractivity contribution in [1.29, 1.82) is 0 Å². The molecule has 0 radical (unpaired) electrons. The molecule has 2 aliphatic rings. The van der Waals surface area contributed by atoms with E-state index in [1.54, 1.807) is 0 Å². The molecule has 0 aromatic carbocycles. The van der Waals surface area contributed by atoms with Crippen molar-refractivity contribution in [3.63, 3.8) is 0 Å². The largest absolute Gasteiger partial charge is 0.469 e. The van der Waals surface area contributed by atoms with Gasteiger partial charge in [-0.3, -0.25) is 4.79 Å². The predicted octanol–water partition coefficient (Wildman–Crippen LogP) is 3.68. The maximum atomic E-state index is 11.6. The lowest BCUT2D eigenvalue weighted by Gasteiger charge is -2.08. The number of aryl methyl sites for hydroxylation is 2. The van der Waals surface area contributed by atoms with Gasteiger partial charge in [-0.25, -0.2) is 0 Å². The van der Waals surface area contributed by atoms with E-state index in [1.165, 1.54) is 29.4 Å². The van der Waals surface area contributed by atoms with Crippen LogP contribution in [-0.2, 0) is 9.53 Å². The molecule has 0 bridgehead atoms. The normalized spacial score (nSPS) is 12.4. The average molecular weight is 242 g/mol. The van der Waals surface area contributed by atoms with E-state index in [1.807, 2.05) is 13.0 Å². The molecule has 0 aromatic heterocycles. The van der Waals surface area contributed by atoms with Gasteiger partial charge in [0.2, 0.25) is 0 Å². The van der Waals surface area contributed by atoms with Crippen molar-refractivity contribution in [3.8, 4) is 11.1 Å². The molecule has 94 valence electrons. The van der Waals surface area contributed by atoms with Crippen molar-refractivity contribution in [2.75, 3.05) is 7.11 Å². The number of esters is 1. The zero-order valence-corrected chi connectivity index (χ0v) is 11.3. The molecule has 0 heterocycles. The van der Waals surface area contributed by atoms with Gasteiger partial charge >= 0.3 is 5.97 Å². The van der Waals surface area contributed by atoms with Crippen molar-refractivity contribution < 1.29 is 9.53 Å². The Morgan fingerprint density at radius 1 is 1.06 bits per heavy atom. The van der Waals surface area contributed by atoms with Crippen LogP contribution < -0.4 is 0 Å². The van der Waals surface area contributed by atoms with Crippen molar-refractivity contribution in [3.05, 3.63) is 47.0 Å². The van der Waals surface area contributed by atoms with Crippen molar-refractivity contribution in [2.45, 2.75) is 26.7 Å². The second-order valence-electron chi connectivity index (χ2n) is 4.75. The van der Waals surface area contributed by atoms with Crippen LogP contribution in [0.4, 0.5) is 0 Å². The smallest absolute Gasteiger partial charge is 0.312 e. The lowest BCUT2D eigenvalue weighted by molar-refractivity contribution is -0.141. The highest BCUT2D eigenvalue weighted by Crippen LogP contribution is 2.32. The molecule has 18 heavy (non-hydrogen) atoms. The van der Waals surface area contributed by atoms with Gasteiger partial charge in [0.15, 0.2) is 0 Å². The number of hydrogen-bond acceptors (Lipinski definition) is 2. The van der Waals surface area contributed by atoms with Gasteiger partial charge in [-0.05, 0) is 48.6 Å².